The Morgan fingerprint density at radius 2 is 1.57 bits per heavy atom. The SMILES string of the molecule is CSCCC(N)C(=O)NC(CCCCN)C(=O)NC(CC(=O)O)C(=O)NC(Cc1c[nH]c2ccccc12)C(=O)O. The number of nitrogens with two attached hydrogens (primary N) is 2. The number of aromatic amines is 1. The van der Waals surface area contributed by atoms with Crippen LogP contribution in [0.15, 0.2) is 30.5 Å². The highest BCUT2D eigenvalue weighted by molar-refractivity contribution is 7.98. The van der Waals surface area contributed by atoms with E-state index in [9.17, 15) is 34.2 Å². The molecule has 4 atom stereocenters. The van der Waals surface area contributed by atoms with Gasteiger partial charge in [-0.1, -0.05) is 18.2 Å². The molecule has 4 unspecified atom stereocenters. The summed E-state index contributed by atoms with van der Waals surface area (Å²) in [5, 5.41) is 27.2. The van der Waals surface area contributed by atoms with E-state index >= 15 is 0 Å². The number of rotatable bonds is 18. The summed E-state index contributed by atoms with van der Waals surface area (Å²) in [6.45, 7) is 0.368. The van der Waals surface area contributed by atoms with Crippen LogP contribution >= 0.6 is 11.8 Å². The summed E-state index contributed by atoms with van der Waals surface area (Å²) in [4.78, 5) is 65.3. The molecule has 13 nitrogen and oxygen atoms in total. The van der Waals surface area contributed by atoms with Crippen molar-refractivity contribution in [2.75, 3.05) is 18.6 Å². The highest BCUT2D eigenvalue weighted by Gasteiger charge is 2.32. The molecule has 14 heteroatoms. The molecule has 0 aliphatic heterocycles. The summed E-state index contributed by atoms with van der Waals surface area (Å²) in [6.07, 6.45) is 4.27. The number of hydrogen-bond donors (Lipinski definition) is 8. The standard InChI is InChI=1S/C26H38N6O7S/c1-40-11-9-17(28)23(35)30-19(8-4-5-10-27)24(36)31-20(13-22(33)34)25(37)32-21(26(38)39)12-15-14-29-18-7-3-2-6-16(15)18/h2-3,6-7,14,17,19-21,29H,4-5,8-13,27-28H2,1H3,(H,30,35)(H,31,36)(H,32,37)(H,33,34)(H,38,39). The smallest absolute Gasteiger partial charge is 0.326 e. The summed E-state index contributed by atoms with van der Waals surface area (Å²) in [6, 6.07) is 2.32. The lowest BCUT2D eigenvalue weighted by Gasteiger charge is -2.24. The van der Waals surface area contributed by atoms with Crippen LogP contribution in [0.25, 0.3) is 10.9 Å². The van der Waals surface area contributed by atoms with Crippen LogP contribution in [0.2, 0.25) is 0 Å². The summed E-state index contributed by atoms with van der Waals surface area (Å²) in [7, 11) is 0. The zero-order chi connectivity index (χ0) is 29.7. The van der Waals surface area contributed by atoms with Gasteiger partial charge in [0.05, 0.1) is 12.5 Å². The third-order valence-electron chi connectivity index (χ3n) is 6.27. The van der Waals surface area contributed by atoms with Gasteiger partial charge < -0.3 is 42.6 Å². The van der Waals surface area contributed by atoms with Crippen LogP contribution in [0.3, 0.4) is 0 Å². The summed E-state index contributed by atoms with van der Waals surface area (Å²) in [5.41, 5.74) is 12.9. The number of nitrogens with one attached hydrogen (secondary N) is 4. The average molecular weight is 579 g/mol. The molecule has 0 fully saturated rings. The number of hydrogen-bond acceptors (Lipinski definition) is 8. The second kappa shape index (κ2) is 16.5. The molecular weight excluding hydrogens is 540 g/mol. The normalized spacial score (nSPS) is 14.1. The molecule has 1 aromatic carbocycles. The Balaban J connectivity index is 2.16. The number of aliphatic carboxylic acids is 2. The molecule has 10 N–H and O–H groups in total. The monoisotopic (exact) mass is 578 g/mol. The molecule has 3 amide bonds. The van der Waals surface area contributed by atoms with Gasteiger partial charge in [-0.2, -0.15) is 11.8 Å². The van der Waals surface area contributed by atoms with E-state index in [1.165, 1.54) is 11.8 Å². The molecule has 0 aliphatic carbocycles. The van der Waals surface area contributed by atoms with Crippen LogP contribution in [0.1, 0.15) is 37.7 Å². The minimum absolute atomic E-state index is 0.0788. The summed E-state index contributed by atoms with van der Waals surface area (Å²) >= 11 is 1.52. The molecule has 0 aliphatic rings. The van der Waals surface area contributed by atoms with Crippen LogP contribution in [-0.2, 0) is 30.4 Å². The number of thioether (sulfide) groups is 1. The summed E-state index contributed by atoms with van der Waals surface area (Å²) < 4.78 is 0. The number of amides is 3. The van der Waals surface area contributed by atoms with Crippen molar-refractivity contribution in [2.24, 2.45) is 11.5 Å². The predicted molar refractivity (Wildman–Crippen MR) is 152 cm³/mol. The van der Waals surface area contributed by atoms with E-state index in [4.69, 9.17) is 11.5 Å². The molecular formula is C26H38N6O7S. The van der Waals surface area contributed by atoms with Gasteiger partial charge in [0.1, 0.15) is 18.1 Å². The van der Waals surface area contributed by atoms with Crippen molar-refractivity contribution >= 4 is 52.3 Å². The number of benzene rings is 1. The van der Waals surface area contributed by atoms with Gasteiger partial charge in [0, 0.05) is 23.5 Å². The molecule has 220 valence electrons. The highest BCUT2D eigenvalue weighted by Crippen LogP contribution is 2.19. The number of unbranched alkanes of at least 4 members (excludes halogenated alkanes) is 1. The third kappa shape index (κ3) is 10.2. The lowest BCUT2D eigenvalue weighted by Crippen LogP contribution is -2.57. The fourth-order valence-corrected chi connectivity index (χ4v) is 4.55. The molecule has 0 bridgehead atoms. The van der Waals surface area contributed by atoms with Crippen LogP contribution in [-0.4, -0.2) is 87.6 Å². The van der Waals surface area contributed by atoms with E-state index in [0.29, 0.717) is 37.1 Å². The second-order valence-corrected chi connectivity index (χ2v) is 10.3. The van der Waals surface area contributed by atoms with Gasteiger partial charge in [0.2, 0.25) is 17.7 Å². The molecule has 0 saturated carbocycles. The lowest BCUT2D eigenvalue weighted by molar-refractivity contribution is -0.143. The van der Waals surface area contributed by atoms with Gasteiger partial charge in [-0.05, 0) is 55.9 Å². The molecule has 0 spiro atoms. The predicted octanol–water partition coefficient (Wildman–Crippen LogP) is -0.0665. The summed E-state index contributed by atoms with van der Waals surface area (Å²) in [5.74, 6) is -4.38. The fourth-order valence-electron chi connectivity index (χ4n) is 4.07. The van der Waals surface area contributed by atoms with Crippen molar-refractivity contribution in [3.05, 3.63) is 36.0 Å². The number of carbonyl (C=O) groups excluding carboxylic acids is 3. The first-order valence-electron chi connectivity index (χ1n) is 12.9. The fraction of sp³-hybridized carbons (Fsp3) is 0.500. The molecule has 1 heterocycles. The second-order valence-electron chi connectivity index (χ2n) is 9.36. The van der Waals surface area contributed by atoms with Crippen molar-refractivity contribution in [3.8, 4) is 0 Å². The Labute approximate surface area is 236 Å². The largest absolute Gasteiger partial charge is 0.481 e. The third-order valence-corrected chi connectivity index (χ3v) is 6.92. The topological polar surface area (TPSA) is 230 Å². The number of H-pyrrole nitrogens is 1. The van der Waals surface area contributed by atoms with Gasteiger partial charge in [-0.15, -0.1) is 0 Å². The Morgan fingerprint density at radius 3 is 2.23 bits per heavy atom. The first-order chi connectivity index (χ1) is 19.1. The Bertz CT molecular complexity index is 1170. The quantitative estimate of drug-likeness (QED) is 0.110. The molecule has 2 aromatic rings. The number of carbonyl (C=O) groups is 5. The maximum absolute atomic E-state index is 13.1. The van der Waals surface area contributed by atoms with E-state index in [-0.39, 0.29) is 12.8 Å². The van der Waals surface area contributed by atoms with Crippen LogP contribution < -0.4 is 27.4 Å². The molecule has 40 heavy (non-hydrogen) atoms. The van der Waals surface area contributed by atoms with Crippen LogP contribution in [0.4, 0.5) is 0 Å². The van der Waals surface area contributed by atoms with E-state index in [1.807, 2.05) is 18.4 Å². The molecule has 0 radical (unpaired) electrons. The van der Waals surface area contributed by atoms with Gasteiger partial charge in [0.25, 0.3) is 0 Å². The van der Waals surface area contributed by atoms with E-state index in [2.05, 4.69) is 20.9 Å². The Kier molecular flexibility index (Phi) is 13.4. The van der Waals surface area contributed by atoms with Gasteiger partial charge in [0.15, 0.2) is 0 Å². The van der Waals surface area contributed by atoms with Crippen molar-refractivity contribution in [1.82, 2.24) is 20.9 Å². The maximum Gasteiger partial charge on any atom is 0.326 e. The van der Waals surface area contributed by atoms with Crippen molar-refractivity contribution in [3.63, 3.8) is 0 Å². The maximum atomic E-state index is 13.1. The zero-order valence-corrected chi connectivity index (χ0v) is 23.2. The highest BCUT2D eigenvalue weighted by atomic mass is 32.2. The number of carboxylic acid groups (broad SMARTS) is 2. The zero-order valence-electron chi connectivity index (χ0n) is 22.4. The first kappa shape index (κ1) is 32.6. The molecule has 0 saturated heterocycles. The first-order valence-corrected chi connectivity index (χ1v) is 14.3. The van der Waals surface area contributed by atoms with Gasteiger partial charge in [-0.3, -0.25) is 19.2 Å². The van der Waals surface area contributed by atoms with E-state index in [0.717, 1.165) is 10.9 Å². The number of fused-ring (bicyclic) bond motifs is 1. The van der Waals surface area contributed by atoms with Crippen molar-refractivity contribution in [1.29, 1.82) is 0 Å². The van der Waals surface area contributed by atoms with Gasteiger partial charge in [-0.25, -0.2) is 4.79 Å². The molecule has 1 aromatic heterocycles. The Hall–Kier alpha value is -3.62. The number of aromatic nitrogens is 1. The minimum Gasteiger partial charge on any atom is -0.481 e. The van der Waals surface area contributed by atoms with E-state index < -0.39 is 60.2 Å². The van der Waals surface area contributed by atoms with Gasteiger partial charge >= 0.3 is 11.9 Å². The van der Waals surface area contributed by atoms with Crippen molar-refractivity contribution in [2.45, 2.75) is 62.7 Å². The minimum atomic E-state index is -1.59. The van der Waals surface area contributed by atoms with E-state index in [1.54, 1.807) is 18.3 Å². The lowest BCUT2D eigenvalue weighted by atomic mass is 10.0. The average Bonchev–Trinajstić information content (AvgIpc) is 3.32. The Morgan fingerprint density at radius 1 is 0.925 bits per heavy atom. The van der Waals surface area contributed by atoms with Crippen LogP contribution in [0, 0.1) is 0 Å². The van der Waals surface area contributed by atoms with Crippen molar-refractivity contribution < 1.29 is 34.2 Å². The number of para-hydroxylation sites is 1. The molecule has 2 rings (SSSR count). The van der Waals surface area contributed by atoms with Crippen LogP contribution in [0.5, 0.6) is 0 Å². The number of carboxylic acids is 2.